The molecule has 1 aliphatic carbocycles. The third-order valence-corrected chi connectivity index (χ3v) is 5.54. The lowest BCUT2D eigenvalue weighted by Crippen LogP contribution is -2.52. The van der Waals surface area contributed by atoms with E-state index in [2.05, 4.69) is 5.32 Å². The molecule has 0 aromatic rings. The normalized spacial score (nSPS) is 38.5. The second kappa shape index (κ2) is 4.69. The van der Waals surface area contributed by atoms with E-state index in [1.807, 2.05) is 0 Å². The summed E-state index contributed by atoms with van der Waals surface area (Å²) in [4.78, 5) is 29.6. The van der Waals surface area contributed by atoms with E-state index in [-0.39, 0.29) is 11.8 Å². The SMILES string of the molecule is O=C(O)[C@@H]1C[C@H]2[C@@H](CCC[C@H]2P(=O)(O)O)CN1. The maximum absolute atomic E-state index is 11.4. The van der Waals surface area contributed by atoms with Gasteiger partial charge in [0.15, 0.2) is 0 Å². The number of rotatable bonds is 2. The van der Waals surface area contributed by atoms with Crippen LogP contribution in [0.5, 0.6) is 0 Å². The van der Waals surface area contributed by atoms with Crippen LogP contribution in [-0.2, 0) is 9.36 Å². The molecular formula is C10H18NO5P. The van der Waals surface area contributed by atoms with Crippen molar-refractivity contribution in [3.05, 3.63) is 0 Å². The van der Waals surface area contributed by atoms with Crippen molar-refractivity contribution in [3.63, 3.8) is 0 Å². The number of hydrogen-bond acceptors (Lipinski definition) is 3. The van der Waals surface area contributed by atoms with Gasteiger partial charge >= 0.3 is 13.6 Å². The number of hydrogen-bond donors (Lipinski definition) is 4. The van der Waals surface area contributed by atoms with Crippen molar-refractivity contribution in [2.45, 2.75) is 37.4 Å². The smallest absolute Gasteiger partial charge is 0.328 e. The maximum Gasteiger partial charge on any atom is 0.328 e. The highest BCUT2D eigenvalue weighted by Crippen LogP contribution is 2.53. The van der Waals surface area contributed by atoms with Gasteiger partial charge in [-0.05, 0) is 37.6 Å². The van der Waals surface area contributed by atoms with Crippen molar-refractivity contribution in [1.29, 1.82) is 0 Å². The Morgan fingerprint density at radius 3 is 2.59 bits per heavy atom. The lowest BCUT2D eigenvalue weighted by molar-refractivity contribution is -0.141. The van der Waals surface area contributed by atoms with E-state index in [1.54, 1.807) is 0 Å². The fraction of sp³-hybridized carbons (Fsp3) is 0.900. The molecule has 2 rings (SSSR count). The summed E-state index contributed by atoms with van der Waals surface area (Å²) in [5, 5.41) is 11.9. The molecule has 0 unspecified atom stereocenters. The van der Waals surface area contributed by atoms with Crippen LogP contribution >= 0.6 is 7.60 Å². The lowest BCUT2D eigenvalue weighted by atomic mass is 9.73. The van der Waals surface area contributed by atoms with E-state index in [4.69, 9.17) is 5.11 Å². The van der Waals surface area contributed by atoms with Gasteiger partial charge in [-0.2, -0.15) is 0 Å². The largest absolute Gasteiger partial charge is 0.480 e. The third kappa shape index (κ3) is 2.71. The van der Waals surface area contributed by atoms with Gasteiger partial charge in [-0.1, -0.05) is 6.42 Å². The van der Waals surface area contributed by atoms with Gasteiger partial charge in [-0.3, -0.25) is 9.36 Å². The van der Waals surface area contributed by atoms with Gasteiger partial charge in [0.2, 0.25) is 0 Å². The molecule has 2 aliphatic rings. The quantitative estimate of drug-likeness (QED) is 0.537. The number of carboxylic acids is 1. The predicted molar refractivity (Wildman–Crippen MR) is 60.7 cm³/mol. The molecule has 0 bridgehead atoms. The number of carboxylic acid groups (broad SMARTS) is 1. The molecule has 0 radical (unpaired) electrons. The minimum Gasteiger partial charge on any atom is -0.480 e. The number of nitrogens with one attached hydrogen (secondary N) is 1. The Hall–Kier alpha value is -0.420. The average Bonchev–Trinajstić information content (AvgIpc) is 2.26. The molecule has 0 amide bonds. The molecule has 98 valence electrons. The first kappa shape index (κ1) is 13.0. The summed E-state index contributed by atoms with van der Waals surface area (Å²) < 4.78 is 11.4. The van der Waals surface area contributed by atoms with Gasteiger partial charge in [0, 0.05) is 0 Å². The van der Waals surface area contributed by atoms with Crippen molar-refractivity contribution < 1.29 is 24.3 Å². The Morgan fingerprint density at radius 1 is 1.29 bits per heavy atom. The standard InChI is InChI=1S/C10H18NO5P/c12-10(13)8-4-7-6(5-11-8)2-1-3-9(7)17(14,15)16/h6-9,11H,1-5H2,(H,12,13)(H2,14,15,16)/t6-,7-,8-,9+/m0/s1. The van der Waals surface area contributed by atoms with Crippen LogP contribution in [0, 0.1) is 11.8 Å². The minimum absolute atomic E-state index is 0.160. The van der Waals surface area contributed by atoms with Gasteiger partial charge in [0.05, 0.1) is 5.66 Å². The molecule has 1 saturated heterocycles. The first-order valence-electron chi connectivity index (χ1n) is 5.91. The maximum atomic E-state index is 11.4. The summed E-state index contributed by atoms with van der Waals surface area (Å²) in [5.41, 5.74) is -0.648. The van der Waals surface area contributed by atoms with Crippen molar-refractivity contribution in [1.82, 2.24) is 5.32 Å². The molecule has 2 fully saturated rings. The van der Waals surface area contributed by atoms with Crippen LogP contribution in [0.25, 0.3) is 0 Å². The molecule has 4 atom stereocenters. The van der Waals surface area contributed by atoms with Gasteiger partial charge in [-0.15, -0.1) is 0 Å². The van der Waals surface area contributed by atoms with E-state index in [0.29, 0.717) is 19.4 Å². The molecule has 7 heteroatoms. The summed E-state index contributed by atoms with van der Waals surface area (Å²) >= 11 is 0. The molecule has 1 aliphatic heterocycles. The summed E-state index contributed by atoms with van der Waals surface area (Å²) in [5.74, 6) is -0.887. The second-order valence-electron chi connectivity index (χ2n) is 5.05. The van der Waals surface area contributed by atoms with Crippen molar-refractivity contribution in [3.8, 4) is 0 Å². The van der Waals surface area contributed by atoms with Crippen LogP contribution in [0.1, 0.15) is 25.7 Å². The molecule has 1 heterocycles. The predicted octanol–water partition coefficient (Wildman–Crippen LogP) is 0.395. The molecule has 4 N–H and O–H groups in total. The average molecular weight is 263 g/mol. The summed E-state index contributed by atoms with van der Waals surface area (Å²) in [6.45, 7) is 0.554. The van der Waals surface area contributed by atoms with E-state index >= 15 is 0 Å². The Kier molecular flexibility index (Phi) is 3.59. The topological polar surface area (TPSA) is 107 Å². The van der Waals surface area contributed by atoms with Crippen molar-refractivity contribution >= 4 is 13.6 Å². The zero-order valence-electron chi connectivity index (χ0n) is 9.45. The Morgan fingerprint density at radius 2 is 2.00 bits per heavy atom. The highest BCUT2D eigenvalue weighted by molar-refractivity contribution is 7.52. The molecule has 1 saturated carbocycles. The molecule has 0 aromatic carbocycles. The number of aliphatic carboxylic acids is 1. The highest BCUT2D eigenvalue weighted by Gasteiger charge is 2.46. The van der Waals surface area contributed by atoms with Crippen LogP contribution in [0.4, 0.5) is 0 Å². The van der Waals surface area contributed by atoms with Crippen LogP contribution in [0.3, 0.4) is 0 Å². The summed E-state index contributed by atoms with van der Waals surface area (Å²) in [7, 11) is -4.11. The number of fused-ring (bicyclic) bond motifs is 1. The van der Waals surface area contributed by atoms with Gasteiger partial charge < -0.3 is 20.2 Å². The second-order valence-corrected chi connectivity index (χ2v) is 6.89. The Balaban J connectivity index is 2.15. The van der Waals surface area contributed by atoms with E-state index in [0.717, 1.165) is 12.8 Å². The van der Waals surface area contributed by atoms with Crippen LogP contribution in [0.2, 0.25) is 0 Å². The van der Waals surface area contributed by atoms with Crippen LogP contribution < -0.4 is 5.32 Å². The summed E-state index contributed by atoms with van der Waals surface area (Å²) in [6.07, 6.45) is 2.59. The minimum atomic E-state index is -4.11. The fourth-order valence-electron chi connectivity index (χ4n) is 3.19. The Bertz CT molecular complexity index is 355. The van der Waals surface area contributed by atoms with Gasteiger partial charge in [-0.25, -0.2) is 0 Å². The lowest BCUT2D eigenvalue weighted by Gasteiger charge is -2.43. The van der Waals surface area contributed by atoms with Crippen molar-refractivity contribution in [2.24, 2.45) is 11.8 Å². The molecule has 6 nitrogen and oxygen atoms in total. The van der Waals surface area contributed by atoms with E-state index in [9.17, 15) is 19.1 Å². The highest BCUT2D eigenvalue weighted by atomic mass is 31.2. The molecule has 17 heavy (non-hydrogen) atoms. The number of piperidine rings is 1. The number of carbonyl (C=O) groups is 1. The van der Waals surface area contributed by atoms with Gasteiger partial charge in [0.1, 0.15) is 6.04 Å². The summed E-state index contributed by atoms with van der Waals surface area (Å²) in [6, 6.07) is -0.664. The monoisotopic (exact) mass is 263 g/mol. The van der Waals surface area contributed by atoms with E-state index < -0.39 is 25.3 Å². The zero-order valence-corrected chi connectivity index (χ0v) is 10.3. The third-order valence-electron chi connectivity index (χ3n) is 4.04. The molecular weight excluding hydrogens is 245 g/mol. The zero-order chi connectivity index (χ0) is 12.6. The van der Waals surface area contributed by atoms with E-state index in [1.165, 1.54) is 0 Å². The van der Waals surface area contributed by atoms with Gasteiger partial charge in [0.25, 0.3) is 0 Å². The first-order valence-corrected chi connectivity index (χ1v) is 7.59. The van der Waals surface area contributed by atoms with Crippen LogP contribution in [0.15, 0.2) is 0 Å². The van der Waals surface area contributed by atoms with Crippen LogP contribution in [-0.4, -0.2) is 39.1 Å². The fourth-order valence-corrected chi connectivity index (χ4v) is 4.57. The Labute approximate surface area is 99.6 Å². The molecule has 0 spiro atoms. The molecule has 0 aromatic heterocycles. The first-order chi connectivity index (χ1) is 7.89. The van der Waals surface area contributed by atoms with Crippen molar-refractivity contribution in [2.75, 3.05) is 6.54 Å².